The Kier molecular flexibility index (Phi) is 29.4. The number of nitrogens with zero attached hydrogens (tertiary/aromatic N) is 3. The van der Waals surface area contributed by atoms with E-state index >= 15 is 0 Å². The molecule has 18 nitrogen and oxygen atoms in total. The second kappa shape index (κ2) is 33.2. The summed E-state index contributed by atoms with van der Waals surface area (Å²) in [6.45, 7) is 6.60. The summed E-state index contributed by atoms with van der Waals surface area (Å²) in [5, 5.41) is 18.3. The molecule has 0 aromatic heterocycles. The van der Waals surface area contributed by atoms with Crippen molar-refractivity contribution in [2.75, 3.05) is 123 Å². The minimum atomic E-state index is -0.0715. The van der Waals surface area contributed by atoms with Crippen LogP contribution in [0.2, 0.25) is 0 Å². The summed E-state index contributed by atoms with van der Waals surface area (Å²) >= 11 is 1.89. The van der Waals surface area contributed by atoms with Crippen molar-refractivity contribution in [3.63, 3.8) is 0 Å². The van der Waals surface area contributed by atoms with Gasteiger partial charge in [-0.3, -0.25) is 14.4 Å². The smallest absolute Gasteiger partial charge is 0.315 e. The number of hydrogen-bond donors (Lipinski definition) is 5. The highest BCUT2D eigenvalue weighted by Crippen LogP contribution is 2.33. The molecule has 0 spiro atoms. The number of hydrogen-bond acceptors (Lipinski definition) is 14. The van der Waals surface area contributed by atoms with Gasteiger partial charge in [0.05, 0.1) is 91.4 Å². The van der Waals surface area contributed by atoms with Gasteiger partial charge >= 0.3 is 6.03 Å². The zero-order valence-corrected chi connectivity index (χ0v) is 33.0. The molecule has 53 heavy (non-hydrogen) atoms. The quantitative estimate of drug-likeness (QED) is 0.0152. The highest BCUT2D eigenvalue weighted by atomic mass is 33.1. The van der Waals surface area contributed by atoms with Crippen molar-refractivity contribution in [1.29, 1.82) is 0 Å². The van der Waals surface area contributed by atoms with Gasteiger partial charge in [-0.1, -0.05) is 33.1 Å². The van der Waals surface area contributed by atoms with Gasteiger partial charge in [0, 0.05) is 72.9 Å². The summed E-state index contributed by atoms with van der Waals surface area (Å²) < 4.78 is 32.4. The molecule has 0 saturated carbocycles. The first kappa shape index (κ1) is 47.0. The lowest BCUT2D eigenvalue weighted by Gasteiger charge is -2.16. The fraction of sp³-hybridized carbons (Fsp3) is 0.875. The predicted octanol–water partition coefficient (Wildman–Crippen LogP) is 1.63. The number of thioether (sulfide) groups is 1. The van der Waals surface area contributed by atoms with Crippen LogP contribution in [0.4, 0.5) is 4.79 Å². The van der Waals surface area contributed by atoms with E-state index in [1.807, 2.05) is 11.8 Å². The molecule has 3 atom stereocenters. The predicted molar refractivity (Wildman–Crippen MR) is 206 cm³/mol. The number of amides is 5. The van der Waals surface area contributed by atoms with Crippen LogP contribution in [-0.2, 0) is 42.8 Å². The minimum absolute atomic E-state index is 0.0265. The SMILES string of the molecule is [N-]=[N+]=NCCOCCOCCOCCC(=O)NCCSSCCC(=O)NCCOCCOCCOCCNC(=O)CCCC[C@@H]1SC[C@@H]2NC(=O)N[C@@H]21. The Bertz CT molecular complexity index is 1070. The molecule has 0 aromatic carbocycles. The molecule has 0 bridgehead atoms. The van der Waals surface area contributed by atoms with E-state index in [1.165, 1.54) is 0 Å². The van der Waals surface area contributed by atoms with Crippen molar-refractivity contribution in [1.82, 2.24) is 26.6 Å². The van der Waals surface area contributed by atoms with Crippen molar-refractivity contribution in [2.45, 2.75) is 55.9 Å². The van der Waals surface area contributed by atoms with Crippen LogP contribution in [0.15, 0.2) is 5.11 Å². The number of azide groups is 1. The number of urea groups is 1. The van der Waals surface area contributed by atoms with Crippen LogP contribution in [-0.4, -0.2) is 164 Å². The topological polar surface area (TPSA) is 233 Å². The average molecular weight is 811 g/mol. The summed E-state index contributed by atoms with van der Waals surface area (Å²) in [6.07, 6.45) is 3.97. The highest BCUT2D eigenvalue weighted by molar-refractivity contribution is 8.76. The maximum absolute atomic E-state index is 12.0. The molecule has 2 saturated heterocycles. The van der Waals surface area contributed by atoms with E-state index in [4.69, 9.17) is 34.0 Å². The summed E-state index contributed by atoms with van der Waals surface area (Å²) in [5.41, 5.74) is 8.15. The Balaban J connectivity index is 1.21. The Morgan fingerprint density at radius 3 is 1.91 bits per heavy atom. The molecule has 0 unspecified atom stereocenters. The Labute approximate surface area is 324 Å². The third kappa shape index (κ3) is 26.3. The van der Waals surface area contributed by atoms with Gasteiger partial charge in [-0.2, -0.15) is 11.8 Å². The molecule has 2 heterocycles. The minimum Gasteiger partial charge on any atom is -0.379 e. The molecular formula is C32H58N8O10S3. The first-order valence-electron chi connectivity index (χ1n) is 18.2. The molecule has 5 amide bonds. The number of ether oxygens (including phenoxy) is 6. The van der Waals surface area contributed by atoms with E-state index in [2.05, 4.69) is 36.6 Å². The van der Waals surface area contributed by atoms with Gasteiger partial charge in [-0.05, 0) is 18.4 Å². The fourth-order valence-corrected chi connectivity index (χ4v) is 8.39. The van der Waals surface area contributed by atoms with E-state index in [0.29, 0.717) is 129 Å². The summed E-state index contributed by atoms with van der Waals surface area (Å²) in [5.74, 6) is 2.29. The van der Waals surface area contributed by atoms with E-state index in [1.54, 1.807) is 21.6 Å². The second-order valence-corrected chi connectivity index (χ2v) is 15.7. The van der Waals surface area contributed by atoms with Crippen molar-refractivity contribution in [3.05, 3.63) is 10.4 Å². The zero-order valence-electron chi connectivity index (χ0n) is 30.6. The van der Waals surface area contributed by atoms with Crippen molar-refractivity contribution >= 4 is 57.1 Å². The standard InChI is InChI=1S/C32H58N8O10S3/c33-40-37-9-14-48-18-22-49-19-15-45-11-5-29(42)36-10-24-53-52-23-6-30(43)35-8-13-47-17-21-50-20-16-46-12-7-34-28(41)4-2-1-3-27-31-26(25-51-27)38-32(44)39-31/h26-27,31H,1-25H2,(H,34,41)(H,35,43)(H,36,42)(H2,38,39,44)/t26-,27-,31-/m0/s1. The van der Waals surface area contributed by atoms with E-state index in [9.17, 15) is 19.2 Å². The number of carbonyl (C=O) groups is 4. The molecule has 2 aliphatic rings. The van der Waals surface area contributed by atoms with Gasteiger partial charge in [0.2, 0.25) is 17.7 Å². The van der Waals surface area contributed by atoms with Crippen LogP contribution < -0.4 is 26.6 Å². The van der Waals surface area contributed by atoms with Crippen LogP contribution >= 0.6 is 33.3 Å². The molecular weight excluding hydrogens is 753 g/mol. The zero-order chi connectivity index (χ0) is 38.0. The lowest BCUT2D eigenvalue weighted by molar-refractivity contribution is -0.122. The van der Waals surface area contributed by atoms with Gasteiger partial charge < -0.3 is 55.0 Å². The van der Waals surface area contributed by atoms with Crippen LogP contribution in [0.5, 0.6) is 0 Å². The Morgan fingerprint density at radius 2 is 1.25 bits per heavy atom. The second-order valence-electron chi connectivity index (χ2n) is 11.7. The van der Waals surface area contributed by atoms with Crippen LogP contribution in [0, 0.1) is 0 Å². The van der Waals surface area contributed by atoms with Crippen LogP contribution in [0.1, 0.15) is 38.5 Å². The molecule has 5 N–H and O–H groups in total. The normalized spacial score (nSPS) is 17.4. The molecule has 2 rings (SSSR count). The third-order valence-electron chi connectivity index (χ3n) is 7.58. The van der Waals surface area contributed by atoms with Gasteiger partial charge in [0.1, 0.15) is 0 Å². The lowest BCUT2D eigenvalue weighted by atomic mass is 10.0. The number of unbranched alkanes of at least 4 members (excludes halogenated alkanes) is 1. The van der Waals surface area contributed by atoms with Crippen LogP contribution in [0.3, 0.4) is 0 Å². The van der Waals surface area contributed by atoms with Gasteiger partial charge in [0.15, 0.2) is 0 Å². The van der Waals surface area contributed by atoms with Gasteiger partial charge in [0.25, 0.3) is 0 Å². The van der Waals surface area contributed by atoms with E-state index in [-0.39, 0.29) is 42.3 Å². The number of rotatable bonds is 36. The summed E-state index contributed by atoms with van der Waals surface area (Å²) in [6, 6.07) is 0.377. The average Bonchev–Trinajstić information content (AvgIpc) is 3.71. The van der Waals surface area contributed by atoms with Gasteiger partial charge in [-0.15, -0.1) is 0 Å². The first-order chi connectivity index (χ1) is 26.0. The number of carbonyl (C=O) groups excluding carboxylic acids is 4. The number of nitrogens with one attached hydrogen (secondary N) is 5. The lowest BCUT2D eigenvalue weighted by Crippen LogP contribution is -2.36. The summed E-state index contributed by atoms with van der Waals surface area (Å²) in [7, 11) is 3.20. The van der Waals surface area contributed by atoms with Crippen molar-refractivity contribution in [2.24, 2.45) is 5.11 Å². The highest BCUT2D eigenvalue weighted by Gasteiger charge is 2.42. The largest absolute Gasteiger partial charge is 0.379 e. The van der Waals surface area contributed by atoms with Crippen molar-refractivity contribution < 1.29 is 47.6 Å². The molecule has 2 fully saturated rings. The van der Waals surface area contributed by atoms with E-state index < -0.39 is 0 Å². The monoisotopic (exact) mass is 810 g/mol. The van der Waals surface area contributed by atoms with Crippen LogP contribution in [0.25, 0.3) is 10.4 Å². The fourth-order valence-electron chi connectivity index (χ4n) is 4.95. The summed E-state index contributed by atoms with van der Waals surface area (Å²) in [4.78, 5) is 50.0. The molecule has 304 valence electrons. The third-order valence-corrected chi connectivity index (χ3v) is 11.5. The van der Waals surface area contributed by atoms with Gasteiger partial charge in [-0.25, -0.2) is 4.79 Å². The Hall–Kier alpha value is -2.20. The first-order valence-corrected chi connectivity index (χ1v) is 21.7. The molecule has 0 aliphatic carbocycles. The van der Waals surface area contributed by atoms with Crippen molar-refractivity contribution in [3.8, 4) is 0 Å². The molecule has 0 radical (unpaired) electrons. The maximum atomic E-state index is 12.0. The molecule has 21 heteroatoms. The van der Waals surface area contributed by atoms with E-state index in [0.717, 1.165) is 30.8 Å². The Morgan fingerprint density at radius 1 is 0.698 bits per heavy atom. The maximum Gasteiger partial charge on any atom is 0.315 e. The molecule has 0 aromatic rings. The number of fused-ring (bicyclic) bond motifs is 1. The molecule has 2 aliphatic heterocycles.